The molecule has 0 unspecified atom stereocenters. The SMILES string of the molecule is CCCOc1ccc(CNC(=O)c2cccs2)cc1. The minimum atomic E-state index is -0.0266. The van der Waals surface area contributed by atoms with Crippen LogP contribution in [0.4, 0.5) is 0 Å². The highest BCUT2D eigenvalue weighted by Crippen LogP contribution is 2.13. The third kappa shape index (κ3) is 4.10. The van der Waals surface area contributed by atoms with Gasteiger partial charge in [-0.1, -0.05) is 25.1 Å². The molecule has 1 aromatic heterocycles. The second kappa shape index (κ2) is 6.95. The average molecular weight is 275 g/mol. The first-order chi connectivity index (χ1) is 9.29. The normalized spacial score (nSPS) is 10.2. The number of nitrogens with one attached hydrogen (secondary N) is 1. The fourth-order valence-electron chi connectivity index (χ4n) is 1.60. The van der Waals surface area contributed by atoms with Crippen LogP contribution >= 0.6 is 11.3 Å². The molecule has 1 aromatic carbocycles. The van der Waals surface area contributed by atoms with E-state index >= 15 is 0 Å². The quantitative estimate of drug-likeness (QED) is 0.876. The lowest BCUT2D eigenvalue weighted by molar-refractivity contribution is 0.0955. The summed E-state index contributed by atoms with van der Waals surface area (Å²) < 4.78 is 5.51. The average Bonchev–Trinajstić information content (AvgIpc) is 2.98. The summed E-state index contributed by atoms with van der Waals surface area (Å²) in [6, 6.07) is 11.5. The van der Waals surface area contributed by atoms with Crippen molar-refractivity contribution in [1.82, 2.24) is 5.32 Å². The van der Waals surface area contributed by atoms with Gasteiger partial charge in [0.05, 0.1) is 11.5 Å². The Labute approximate surface area is 117 Å². The number of rotatable bonds is 6. The van der Waals surface area contributed by atoms with Crippen LogP contribution in [0, 0.1) is 0 Å². The van der Waals surface area contributed by atoms with Crippen molar-refractivity contribution in [2.45, 2.75) is 19.9 Å². The van der Waals surface area contributed by atoms with Crippen molar-refractivity contribution in [3.8, 4) is 5.75 Å². The van der Waals surface area contributed by atoms with E-state index in [9.17, 15) is 4.79 Å². The van der Waals surface area contributed by atoms with Gasteiger partial charge in [-0.15, -0.1) is 11.3 Å². The van der Waals surface area contributed by atoms with Crippen LogP contribution in [0.25, 0.3) is 0 Å². The summed E-state index contributed by atoms with van der Waals surface area (Å²) in [6.07, 6.45) is 0.999. The topological polar surface area (TPSA) is 38.3 Å². The van der Waals surface area contributed by atoms with Crippen molar-refractivity contribution in [1.29, 1.82) is 0 Å². The van der Waals surface area contributed by atoms with Gasteiger partial charge in [-0.3, -0.25) is 4.79 Å². The van der Waals surface area contributed by atoms with E-state index in [1.807, 2.05) is 41.8 Å². The highest BCUT2D eigenvalue weighted by Gasteiger charge is 2.05. The molecule has 0 radical (unpaired) electrons. The van der Waals surface area contributed by atoms with E-state index in [1.165, 1.54) is 11.3 Å². The van der Waals surface area contributed by atoms with Crippen molar-refractivity contribution >= 4 is 17.2 Å². The van der Waals surface area contributed by atoms with Crippen LogP contribution in [-0.4, -0.2) is 12.5 Å². The fraction of sp³-hybridized carbons (Fsp3) is 0.267. The first-order valence-corrected chi connectivity index (χ1v) is 7.21. The van der Waals surface area contributed by atoms with Crippen molar-refractivity contribution in [3.63, 3.8) is 0 Å². The molecule has 0 aliphatic carbocycles. The molecule has 0 fully saturated rings. The molecule has 1 N–H and O–H groups in total. The number of carbonyl (C=O) groups excluding carboxylic acids is 1. The Morgan fingerprint density at radius 2 is 2.05 bits per heavy atom. The minimum absolute atomic E-state index is 0.0266. The number of benzene rings is 1. The summed E-state index contributed by atoms with van der Waals surface area (Å²) in [6.45, 7) is 3.34. The fourth-order valence-corrected chi connectivity index (χ4v) is 2.24. The second-order valence-electron chi connectivity index (χ2n) is 4.15. The Kier molecular flexibility index (Phi) is 4.98. The van der Waals surface area contributed by atoms with Gasteiger partial charge in [0.25, 0.3) is 5.91 Å². The maximum atomic E-state index is 11.8. The lowest BCUT2D eigenvalue weighted by Gasteiger charge is -2.07. The lowest BCUT2D eigenvalue weighted by Crippen LogP contribution is -2.21. The van der Waals surface area contributed by atoms with Crippen LogP contribution in [0.1, 0.15) is 28.6 Å². The van der Waals surface area contributed by atoms with Gasteiger partial charge in [0.2, 0.25) is 0 Å². The number of hydrogen-bond donors (Lipinski definition) is 1. The van der Waals surface area contributed by atoms with Crippen molar-refractivity contribution in [2.75, 3.05) is 6.61 Å². The molecule has 3 nitrogen and oxygen atoms in total. The molecule has 1 heterocycles. The summed E-state index contributed by atoms with van der Waals surface area (Å²) in [5, 5.41) is 4.79. The van der Waals surface area contributed by atoms with Gasteiger partial charge < -0.3 is 10.1 Å². The summed E-state index contributed by atoms with van der Waals surface area (Å²) in [5.74, 6) is 0.844. The first-order valence-electron chi connectivity index (χ1n) is 6.33. The summed E-state index contributed by atoms with van der Waals surface area (Å²) in [7, 11) is 0. The molecule has 1 amide bonds. The third-order valence-corrected chi connectivity index (χ3v) is 3.46. The van der Waals surface area contributed by atoms with Crippen LogP contribution in [0.5, 0.6) is 5.75 Å². The predicted molar refractivity (Wildman–Crippen MR) is 77.7 cm³/mol. The molecule has 0 aliphatic rings. The molecule has 4 heteroatoms. The number of carbonyl (C=O) groups is 1. The van der Waals surface area contributed by atoms with E-state index in [0.29, 0.717) is 6.54 Å². The number of ether oxygens (including phenoxy) is 1. The van der Waals surface area contributed by atoms with Crippen LogP contribution in [-0.2, 0) is 6.54 Å². The summed E-state index contributed by atoms with van der Waals surface area (Å²) in [5.41, 5.74) is 1.06. The van der Waals surface area contributed by atoms with Gasteiger partial charge in [-0.05, 0) is 35.6 Å². The second-order valence-corrected chi connectivity index (χ2v) is 5.10. The largest absolute Gasteiger partial charge is 0.494 e. The monoisotopic (exact) mass is 275 g/mol. The van der Waals surface area contributed by atoms with Crippen molar-refractivity contribution < 1.29 is 9.53 Å². The van der Waals surface area contributed by atoms with Crippen molar-refractivity contribution in [2.24, 2.45) is 0 Å². The summed E-state index contributed by atoms with van der Waals surface area (Å²) in [4.78, 5) is 12.5. The van der Waals surface area contributed by atoms with Crippen LogP contribution in [0.2, 0.25) is 0 Å². The zero-order valence-electron chi connectivity index (χ0n) is 10.9. The third-order valence-electron chi connectivity index (χ3n) is 2.59. The van der Waals surface area contributed by atoms with Gasteiger partial charge in [0, 0.05) is 6.54 Å². The van der Waals surface area contributed by atoms with Crippen LogP contribution in [0.3, 0.4) is 0 Å². The van der Waals surface area contributed by atoms with Gasteiger partial charge in [-0.2, -0.15) is 0 Å². The smallest absolute Gasteiger partial charge is 0.261 e. The highest BCUT2D eigenvalue weighted by molar-refractivity contribution is 7.12. The van der Waals surface area contributed by atoms with E-state index in [-0.39, 0.29) is 5.91 Å². The van der Waals surface area contributed by atoms with Crippen molar-refractivity contribution in [3.05, 3.63) is 52.2 Å². The molecule has 0 spiro atoms. The maximum Gasteiger partial charge on any atom is 0.261 e. The van der Waals surface area contributed by atoms with Crippen LogP contribution < -0.4 is 10.1 Å². The zero-order chi connectivity index (χ0) is 13.5. The van der Waals surface area contributed by atoms with E-state index in [1.54, 1.807) is 0 Å². The molecule has 0 saturated heterocycles. The molecular weight excluding hydrogens is 258 g/mol. The summed E-state index contributed by atoms with van der Waals surface area (Å²) >= 11 is 1.45. The lowest BCUT2D eigenvalue weighted by atomic mass is 10.2. The Bertz CT molecular complexity index is 505. The molecule has 2 rings (SSSR count). The molecule has 2 aromatic rings. The highest BCUT2D eigenvalue weighted by atomic mass is 32.1. The zero-order valence-corrected chi connectivity index (χ0v) is 11.7. The maximum absolute atomic E-state index is 11.8. The van der Waals surface area contributed by atoms with E-state index < -0.39 is 0 Å². The molecular formula is C15H17NO2S. The molecule has 0 atom stereocenters. The van der Waals surface area contributed by atoms with E-state index in [0.717, 1.165) is 29.2 Å². The molecule has 0 bridgehead atoms. The molecule has 0 saturated carbocycles. The number of thiophene rings is 1. The van der Waals surface area contributed by atoms with E-state index in [4.69, 9.17) is 4.74 Å². The Morgan fingerprint density at radius 1 is 1.26 bits per heavy atom. The minimum Gasteiger partial charge on any atom is -0.494 e. The standard InChI is InChI=1S/C15H17NO2S/c1-2-9-18-13-7-5-12(6-8-13)11-16-15(17)14-4-3-10-19-14/h3-8,10H,2,9,11H2,1H3,(H,16,17). The first kappa shape index (κ1) is 13.6. The number of hydrogen-bond acceptors (Lipinski definition) is 3. The Balaban J connectivity index is 1.84. The van der Waals surface area contributed by atoms with Gasteiger partial charge >= 0.3 is 0 Å². The molecule has 19 heavy (non-hydrogen) atoms. The molecule has 0 aliphatic heterocycles. The predicted octanol–water partition coefficient (Wildman–Crippen LogP) is 3.47. The van der Waals surface area contributed by atoms with Gasteiger partial charge in [-0.25, -0.2) is 0 Å². The van der Waals surface area contributed by atoms with Gasteiger partial charge in [0.15, 0.2) is 0 Å². The Hall–Kier alpha value is -1.81. The molecule has 100 valence electrons. The number of amides is 1. The van der Waals surface area contributed by atoms with Gasteiger partial charge in [0.1, 0.15) is 5.75 Å². The van der Waals surface area contributed by atoms with Crippen LogP contribution in [0.15, 0.2) is 41.8 Å². The van der Waals surface area contributed by atoms with E-state index in [2.05, 4.69) is 12.2 Å². The Morgan fingerprint density at radius 3 is 2.68 bits per heavy atom.